The highest BCUT2D eigenvalue weighted by molar-refractivity contribution is 5.49. The van der Waals surface area contributed by atoms with E-state index in [2.05, 4.69) is 10.4 Å². The number of nitrogens with zero attached hydrogens (tertiary/aromatic N) is 2. The molecule has 0 aliphatic carbocycles. The van der Waals surface area contributed by atoms with Crippen LogP contribution in [0.1, 0.15) is 16.7 Å². The van der Waals surface area contributed by atoms with Crippen LogP contribution in [0.15, 0.2) is 30.5 Å². The number of nitro benzene ring substituents is 1. The summed E-state index contributed by atoms with van der Waals surface area (Å²) >= 11 is 0. The topological polar surface area (TPSA) is 103 Å². The second-order valence-electron chi connectivity index (χ2n) is 4.64. The summed E-state index contributed by atoms with van der Waals surface area (Å²) in [6.07, 6.45) is 1.61. The molecule has 0 saturated heterocycles. The van der Waals surface area contributed by atoms with Crippen molar-refractivity contribution in [1.82, 2.24) is 4.98 Å². The largest absolute Gasteiger partial charge is 0.488 e. The lowest BCUT2D eigenvalue weighted by Crippen LogP contribution is -2.09. The number of rotatable bonds is 5. The summed E-state index contributed by atoms with van der Waals surface area (Å²) < 4.78 is 5.67. The molecule has 1 aromatic carbocycles. The number of hydrogen-bond acceptors (Lipinski definition) is 6. The number of aromatic nitrogens is 1. The molecule has 0 aliphatic heterocycles. The van der Waals surface area contributed by atoms with Gasteiger partial charge in [0.2, 0.25) is 0 Å². The number of nitro groups is 1. The Balaban J connectivity index is 2.19. The lowest BCUT2D eigenvalue weighted by Gasteiger charge is -2.11. The first kappa shape index (κ1) is 14.7. The molecule has 0 fully saturated rings. The quantitative estimate of drug-likeness (QED) is 0.497. The lowest BCUT2D eigenvalue weighted by molar-refractivity contribution is -0.385. The van der Waals surface area contributed by atoms with E-state index in [1.807, 2.05) is 6.92 Å². The molecule has 0 radical (unpaired) electrons. The van der Waals surface area contributed by atoms with Crippen LogP contribution in [0.5, 0.6) is 5.75 Å². The molecule has 1 aromatic heterocycles. The zero-order chi connectivity index (χ0) is 15.4. The summed E-state index contributed by atoms with van der Waals surface area (Å²) in [7, 11) is 0. The molecule has 0 unspecified atom stereocenters. The Bertz CT molecular complexity index is 673. The first-order chi connectivity index (χ1) is 10.0. The van der Waals surface area contributed by atoms with Gasteiger partial charge >= 0.3 is 0 Å². The molecule has 2 aromatic rings. The highest BCUT2D eigenvalue weighted by Gasteiger charge is 2.14. The van der Waals surface area contributed by atoms with Crippen LogP contribution in [0.2, 0.25) is 0 Å². The predicted molar refractivity (Wildman–Crippen MR) is 78.9 cm³/mol. The fourth-order valence-corrected chi connectivity index (χ4v) is 1.98. The maximum absolute atomic E-state index is 11.0. The molecule has 2 rings (SSSR count). The number of aryl methyl sites for hydroxylation is 2. The molecule has 21 heavy (non-hydrogen) atoms. The van der Waals surface area contributed by atoms with Gasteiger partial charge in [-0.2, -0.15) is 0 Å². The molecule has 0 atom stereocenters. The highest BCUT2D eigenvalue weighted by atomic mass is 16.6. The van der Waals surface area contributed by atoms with Crippen LogP contribution in [-0.4, -0.2) is 9.91 Å². The monoisotopic (exact) mass is 288 g/mol. The first-order valence-electron chi connectivity index (χ1n) is 6.31. The van der Waals surface area contributed by atoms with Crippen molar-refractivity contribution in [3.63, 3.8) is 0 Å². The molecule has 0 bridgehead atoms. The molecule has 7 heteroatoms. The van der Waals surface area contributed by atoms with Crippen molar-refractivity contribution >= 4 is 11.5 Å². The maximum atomic E-state index is 11.0. The Labute approximate surface area is 121 Å². The molecule has 7 nitrogen and oxygen atoms in total. The van der Waals surface area contributed by atoms with Crippen molar-refractivity contribution in [2.75, 3.05) is 5.43 Å². The van der Waals surface area contributed by atoms with Gasteiger partial charge in [0.1, 0.15) is 18.2 Å². The van der Waals surface area contributed by atoms with E-state index in [-0.39, 0.29) is 12.3 Å². The normalized spacial score (nSPS) is 10.2. The van der Waals surface area contributed by atoms with E-state index >= 15 is 0 Å². The minimum absolute atomic E-state index is 0.0506. The average molecular weight is 288 g/mol. The van der Waals surface area contributed by atoms with Gasteiger partial charge in [0.25, 0.3) is 5.69 Å². The van der Waals surface area contributed by atoms with E-state index in [9.17, 15) is 10.1 Å². The van der Waals surface area contributed by atoms with Gasteiger partial charge in [0.15, 0.2) is 0 Å². The fraction of sp³-hybridized carbons (Fsp3) is 0.214. The summed E-state index contributed by atoms with van der Waals surface area (Å²) in [4.78, 5) is 14.5. The van der Waals surface area contributed by atoms with E-state index < -0.39 is 4.92 Å². The molecule has 1 heterocycles. The zero-order valence-corrected chi connectivity index (χ0v) is 11.8. The summed E-state index contributed by atoms with van der Waals surface area (Å²) in [6, 6.07) is 6.73. The van der Waals surface area contributed by atoms with E-state index in [4.69, 9.17) is 10.6 Å². The second kappa shape index (κ2) is 6.19. The van der Waals surface area contributed by atoms with Gasteiger partial charge < -0.3 is 10.2 Å². The Hall–Kier alpha value is -2.67. The third-order valence-electron chi connectivity index (χ3n) is 3.06. The van der Waals surface area contributed by atoms with Crippen molar-refractivity contribution in [1.29, 1.82) is 0 Å². The van der Waals surface area contributed by atoms with Gasteiger partial charge in [-0.05, 0) is 43.2 Å². The summed E-state index contributed by atoms with van der Waals surface area (Å²) in [5, 5.41) is 11.0. The maximum Gasteiger partial charge on any atom is 0.276 e. The van der Waals surface area contributed by atoms with Crippen LogP contribution in [-0.2, 0) is 6.61 Å². The third-order valence-corrected chi connectivity index (χ3v) is 3.06. The van der Waals surface area contributed by atoms with E-state index in [1.165, 1.54) is 6.07 Å². The number of nitrogen functional groups attached to an aromatic ring is 1. The second-order valence-corrected chi connectivity index (χ2v) is 4.64. The number of hydrogen-bond donors (Lipinski definition) is 2. The molecule has 0 saturated carbocycles. The number of ether oxygens (including phenoxy) is 1. The van der Waals surface area contributed by atoms with Crippen molar-refractivity contribution in [3.8, 4) is 5.75 Å². The van der Waals surface area contributed by atoms with Crippen LogP contribution in [0.4, 0.5) is 11.5 Å². The Morgan fingerprint density at radius 2 is 2.10 bits per heavy atom. The third kappa shape index (κ3) is 3.46. The molecule has 0 aliphatic rings. The molecule has 0 amide bonds. The number of pyridine rings is 1. The van der Waals surface area contributed by atoms with Gasteiger partial charge in [-0.1, -0.05) is 0 Å². The molecular formula is C14H16N4O3. The van der Waals surface area contributed by atoms with Crippen molar-refractivity contribution in [3.05, 3.63) is 57.3 Å². The SMILES string of the molecule is Cc1cc(C)c([N+](=O)[O-])cc1OCc1ccnc(NN)c1. The smallest absolute Gasteiger partial charge is 0.276 e. The highest BCUT2D eigenvalue weighted by Crippen LogP contribution is 2.28. The van der Waals surface area contributed by atoms with Crippen molar-refractivity contribution < 1.29 is 9.66 Å². The Morgan fingerprint density at radius 1 is 1.33 bits per heavy atom. The van der Waals surface area contributed by atoms with E-state index in [0.717, 1.165) is 11.1 Å². The number of nitrogens with two attached hydrogens (primary N) is 1. The molecule has 0 spiro atoms. The first-order valence-corrected chi connectivity index (χ1v) is 6.31. The number of anilines is 1. The number of hydrazine groups is 1. The van der Waals surface area contributed by atoms with Crippen LogP contribution >= 0.6 is 0 Å². The predicted octanol–water partition coefficient (Wildman–Crippen LogP) is 2.47. The average Bonchev–Trinajstić information content (AvgIpc) is 2.46. The van der Waals surface area contributed by atoms with Gasteiger partial charge in [-0.25, -0.2) is 10.8 Å². The fourth-order valence-electron chi connectivity index (χ4n) is 1.98. The van der Waals surface area contributed by atoms with Crippen LogP contribution in [0, 0.1) is 24.0 Å². The Kier molecular flexibility index (Phi) is 4.34. The zero-order valence-electron chi connectivity index (χ0n) is 11.8. The summed E-state index contributed by atoms with van der Waals surface area (Å²) in [6.45, 7) is 3.83. The van der Waals surface area contributed by atoms with Gasteiger partial charge in [-0.3, -0.25) is 10.1 Å². The van der Waals surface area contributed by atoms with Crippen molar-refractivity contribution in [2.45, 2.75) is 20.5 Å². The van der Waals surface area contributed by atoms with Gasteiger partial charge in [-0.15, -0.1) is 0 Å². The summed E-state index contributed by atoms with van der Waals surface area (Å²) in [5.74, 6) is 6.31. The van der Waals surface area contributed by atoms with Gasteiger partial charge in [0, 0.05) is 11.8 Å². The molecule has 110 valence electrons. The van der Waals surface area contributed by atoms with E-state index in [1.54, 1.807) is 31.3 Å². The van der Waals surface area contributed by atoms with Gasteiger partial charge in [0.05, 0.1) is 11.0 Å². The summed E-state index contributed by atoms with van der Waals surface area (Å²) in [5.41, 5.74) is 4.83. The van der Waals surface area contributed by atoms with Crippen molar-refractivity contribution in [2.24, 2.45) is 5.84 Å². The number of nitrogens with one attached hydrogen (secondary N) is 1. The number of benzene rings is 1. The minimum Gasteiger partial charge on any atom is -0.488 e. The Morgan fingerprint density at radius 3 is 2.76 bits per heavy atom. The van der Waals surface area contributed by atoms with Crippen LogP contribution < -0.4 is 16.0 Å². The van der Waals surface area contributed by atoms with Crippen LogP contribution in [0.25, 0.3) is 0 Å². The standard InChI is InChI=1S/C14H16N4O3/c1-9-5-10(2)13(7-12(9)18(19)20)21-8-11-3-4-16-14(6-11)17-15/h3-7H,8,15H2,1-2H3,(H,16,17). The van der Waals surface area contributed by atoms with E-state index in [0.29, 0.717) is 17.1 Å². The molecule has 3 N–H and O–H groups in total. The molecular weight excluding hydrogens is 272 g/mol. The lowest BCUT2D eigenvalue weighted by atomic mass is 10.1. The van der Waals surface area contributed by atoms with Crippen LogP contribution in [0.3, 0.4) is 0 Å². The minimum atomic E-state index is -0.412.